The highest BCUT2D eigenvalue weighted by atomic mass is 79.9. The van der Waals surface area contributed by atoms with Crippen LogP contribution in [0, 0.1) is 16.7 Å². The van der Waals surface area contributed by atoms with Crippen molar-refractivity contribution >= 4 is 15.9 Å². The quantitative estimate of drug-likeness (QED) is 0.504. The maximum atomic E-state index is 8.80. The van der Waals surface area contributed by atoms with Gasteiger partial charge in [-0.25, -0.2) is 0 Å². The van der Waals surface area contributed by atoms with E-state index in [0.29, 0.717) is 11.8 Å². The van der Waals surface area contributed by atoms with Crippen molar-refractivity contribution in [2.24, 2.45) is 5.41 Å². The van der Waals surface area contributed by atoms with Crippen molar-refractivity contribution in [3.8, 4) is 6.07 Å². The minimum Gasteiger partial charge on any atom is -0.383 e. The van der Waals surface area contributed by atoms with Gasteiger partial charge in [-0.05, 0) is 18.3 Å². The first-order chi connectivity index (χ1) is 9.26. The van der Waals surface area contributed by atoms with Gasteiger partial charge in [0.25, 0.3) is 0 Å². The first-order valence-corrected chi connectivity index (χ1v) is 8.53. The van der Waals surface area contributed by atoms with Gasteiger partial charge in [0.2, 0.25) is 0 Å². The van der Waals surface area contributed by atoms with Crippen molar-refractivity contribution in [1.29, 1.82) is 5.26 Å². The van der Waals surface area contributed by atoms with Gasteiger partial charge in [0.1, 0.15) is 0 Å². The second-order valence-corrected chi connectivity index (χ2v) is 6.29. The average Bonchev–Trinajstić information content (AvgIpc) is 2.68. The number of alkyl halides is 1. The zero-order valence-electron chi connectivity index (χ0n) is 12.2. The van der Waals surface area contributed by atoms with Crippen molar-refractivity contribution < 1.29 is 4.74 Å². The maximum absolute atomic E-state index is 8.80. The molecule has 0 spiro atoms. The van der Waals surface area contributed by atoms with E-state index in [4.69, 9.17) is 10.00 Å². The van der Waals surface area contributed by atoms with Crippen LogP contribution in [-0.2, 0) is 4.74 Å². The van der Waals surface area contributed by atoms with E-state index in [2.05, 4.69) is 26.9 Å². The van der Waals surface area contributed by atoms with Crippen LogP contribution in [0.1, 0.15) is 44.9 Å². The Hall–Kier alpha value is -0.110. The highest BCUT2D eigenvalue weighted by molar-refractivity contribution is 9.09. The highest BCUT2D eigenvalue weighted by Crippen LogP contribution is 2.37. The molecule has 0 amide bonds. The molecule has 0 bridgehead atoms. The molecule has 4 heteroatoms. The fraction of sp³-hybridized carbons (Fsp3) is 0.933. The molecule has 19 heavy (non-hydrogen) atoms. The lowest BCUT2D eigenvalue weighted by molar-refractivity contribution is 0.108. The molecule has 1 rings (SSSR count). The standard InChI is InChI=1S/C15H27BrN2O/c1-19-12-11-18(10-6-9-17)14-15(13-16)7-4-2-3-5-8-15/h2-8,10-14H2,1H3. The second-order valence-electron chi connectivity index (χ2n) is 5.72. The van der Waals surface area contributed by atoms with Crippen LogP contribution in [0.2, 0.25) is 0 Å². The van der Waals surface area contributed by atoms with E-state index < -0.39 is 0 Å². The number of nitriles is 1. The van der Waals surface area contributed by atoms with Crippen molar-refractivity contribution in [2.75, 3.05) is 38.7 Å². The summed E-state index contributed by atoms with van der Waals surface area (Å²) in [5, 5.41) is 9.88. The molecule has 0 heterocycles. The summed E-state index contributed by atoms with van der Waals surface area (Å²) in [4.78, 5) is 2.42. The van der Waals surface area contributed by atoms with Crippen LogP contribution in [0.15, 0.2) is 0 Å². The molecule has 1 saturated carbocycles. The third kappa shape index (κ3) is 6.25. The van der Waals surface area contributed by atoms with E-state index in [1.54, 1.807) is 7.11 Å². The van der Waals surface area contributed by atoms with Crippen LogP contribution in [0.25, 0.3) is 0 Å². The van der Waals surface area contributed by atoms with Crippen molar-refractivity contribution in [3.63, 3.8) is 0 Å². The fourth-order valence-corrected chi connectivity index (χ4v) is 3.72. The van der Waals surface area contributed by atoms with E-state index in [0.717, 1.165) is 31.6 Å². The topological polar surface area (TPSA) is 36.3 Å². The molecule has 0 aromatic rings. The van der Waals surface area contributed by atoms with E-state index in [9.17, 15) is 0 Å². The molecule has 1 fully saturated rings. The molecule has 0 aliphatic heterocycles. The van der Waals surface area contributed by atoms with Gasteiger partial charge in [-0.1, -0.05) is 41.6 Å². The first kappa shape index (κ1) is 16.9. The number of rotatable bonds is 8. The Morgan fingerprint density at radius 3 is 2.42 bits per heavy atom. The summed E-state index contributed by atoms with van der Waals surface area (Å²) in [5.74, 6) is 0. The van der Waals surface area contributed by atoms with Crippen molar-refractivity contribution in [3.05, 3.63) is 0 Å². The summed E-state index contributed by atoms with van der Waals surface area (Å²) in [5.41, 5.74) is 0.402. The maximum Gasteiger partial charge on any atom is 0.0635 e. The number of methoxy groups -OCH3 is 1. The largest absolute Gasteiger partial charge is 0.383 e. The Kier molecular flexibility index (Phi) is 8.69. The van der Waals surface area contributed by atoms with Gasteiger partial charge in [-0.2, -0.15) is 5.26 Å². The van der Waals surface area contributed by atoms with Gasteiger partial charge >= 0.3 is 0 Å². The number of hydrogen-bond donors (Lipinski definition) is 0. The number of hydrogen-bond acceptors (Lipinski definition) is 3. The van der Waals surface area contributed by atoms with Gasteiger partial charge in [-0.3, -0.25) is 4.90 Å². The number of halogens is 1. The van der Waals surface area contributed by atoms with Crippen molar-refractivity contribution in [1.82, 2.24) is 4.90 Å². The smallest absolute Gasteiger partial charge is 0.0635 e. The van der Waals surface area contributed by atoms with Crippen LogP contribution in [0.3, 0.4) is 0 Å². The van der Waals surface area contributed by atoms with E-state index >= 15 is 0 Å². The third-order valence-electron chi connectivity index (χ3n) is 4.16. The zero-order chi connectivity index (χ0) is 14.0. The molecule has 0 saturated heterocycles. The number of nitrogens with zero attached hydrogens (tertiary/aromatic N) is 2. The van der Waals surface area contributed by atoms with E-state index in [1.807, 2.05) is 0 Å². The van der Waals surface area contributed by atoms with Gasteiger partial charge in [0, 0.05) is 38.5 Å². The lowest BCUT2D eigenvalue weighted by Gasteiger charge is -2.36. The van der Waals surface area contributed by atoms with Gasteiger partial charge < -0.3 is 4.74 Å². The van der Waals surface area contributed by atoms with Crippen LogP contribution in [-0.4, -0.2) is 43.6 Å². The normalized spacial score (nSPS) is 19.1. The van der Waals surface area contributed by atoms with Gasteiger partial charge in [0.15, 0.2) is 0 Å². The third-order valence-corrected chi connectivity index (χ3v) is 5.35. The predicted octanol–water partition coefficient (Wildman–Crippen LogP) is 3.58. The van der Waals surface area contributed by atoms with Crippen LogP contribution >= 0.6 is 15.9 Å². The molecular formula is C15H27BrN2O. The van der Waals surface area contributed by atoms with Crippen LogP contribution in [0.5, 0.6) is 0 Å². The Labute approximate surface area is 126 Å². The van der Waals surface area contributed by atoms with Crippen molar-refractivity contribution in [2.45, 2.75) is 44.9 Å². The molecule has 3 nitrogen and oxygen atoms in total. The summed E-state index contributed by atoms with van der Waals surface area (Å²) < 4.78 is 5.20. The molecule has 0 aromatic heterocycles. The summed E-state index contributed by atoms with van der Waals surface area (Å²) in [6.07, 6.45) is 8.70. The van der Waals surface area contributed by atoms with E-state index in [1.165, 1.54) is 38.5 Å². The lowest BCUT2D eigenvalue weighted by Crippen LogP contribution is -2.40. The Balaban J connectivity index is 2.58. The van der Waals surface area contributed by atoms with Crippen LogP contribution in [0.4, 0.5) is 0 Å². The molecule has 0 aromatic carbocycles. The Morgan fingerprint density at radius 1 is 1.21 bits per heavy atom. The minimum absolute atomic E-state index is 0.402. The zero-order valence-corrected chi connectivity index (χ0v) is 13.8. The average molecular weight is 331 g/mol. The summed E-state index contributed by atoms with van der Waals surface area (Å²) >= 11 is 3.74. The summed E-state index contributed by atoms with van der Waals surface area (Å²) in [6.45, 7) is 3.66. The molecular weight excluding hydrogens is 304 g/mol. The first-order valence-electron chi connectivity index (χ1n) is 7.40. The number of ether oxygens (including phenoxy) is 1. The Bertz CT molecular complexity index is 270. The SMILES string of the molecule is COCCN(CCC#N)CC1(CBr)CCCCCC1. The fourth-order valence-electron chi connectivity index (χ4n) is 2.99. The molecule has 1 aliphatic rings. The molecule has 110 valence electrons. The molecule has 0 radical (unpaired) electrons. The lowest BCUT2D eigenvalue weighted by atomic mass is 9.82. The summed E-state index contributed by atoms with van der Waals surface area (Å²) in [6, 6.07) is 2.26. The molecule has 0 N–H and O–H groups in total. The molecule has 0 atom stereocenters. The second kappa shape index (κ2) is 9.74. The summed E-state index contributed by atoms with van der Waals surface area (Å²) in [7, 11) is 1.74. The van der Waals surface area contributed by atoms with Gasteiger partial charge in [-0.15, -0.1) is 0 Å². The minimum atomic E-state index is 0.402. The highest BCUT2D eigenvalue weighted by Gasteiger charge is 2.31. The predicted molar refractivity (Wildman–Crippen MR) is 82.5 cm³/mol. The molecule has 1 aliphatic carbocycles. The van der Waals surface area contributed by atoms with Gasteiger partial charge in [0.05, 0.1) is 12.7 Å². The molecule has 0 unspecified atom stereocenters. The van der Waals surface area contributed by atoms with Crippen LogP contribution < -0.4 is 0 Å². The van der Waals surface area contributed by atoms with E-state index in [-0.39, 0.29) is 0 Å². The monoisotopic (exact) mass is 330 g/mol. The Morgan fingerprint density at radius 2 is 1.89 bits per heavy atom.